The molecule has 1 aliphatic rings. The Morgan fingerprint density at radius 2 is 1.33 bits per heavy atom. The number of aliphatic hydroxyl groups excluding tert-OH is 1. The van der Waals surface area contributed by atoms with Gasteiger partial charge >= 0.3 is 0 Å². The van der Waals surface area contributed by atoms with Crippen molar-refractivity contribution in [2.45, 2.75) is 57.0 Å². The fraction of sp³-hybridized carbons (Fsp3) is 0.294. The Hall–Kier alpha value is -3.36. The fourth-order valence-corrected chi connectivity index (χ4v) is 5.70. The van der Waals surface area contributed by atoms with Crippen LogP contribution < -0.4 is 4.74 Å². The van der Waals surface area contributed by atoms with E-state index in [1.165, 1.54) is 33.4 Å². The molecule has 1 aliphatic heterocycles. The van der Waals surface area contributed by atoms with Crippen molar-refractivity contribution in [1.29, 1.82) is 0 Å². The average molecular weight is 477 g/mol. The third kappa shape index (κ3) is 4.83. The summed E-state index contributed by atoms with van der Waals surface area (Å²) in [7, 11) is 0. The Kier molecular flexibility index (Phi) is 6.98. The Balaban J connectivity index is 1.72. The number of hydrogen-bond acceptors (Lipinski definition) is 2. The predicted octanol–water partition coefficient (Wildman–Crippen LogP) is 8.05. The topological polar surface area (TPSA) is 29.5 Å². The molecule has 1 N–H and O–H groups in total. The van der Waals surface area contributed by atoms with Gasteiger partial charge in [0.25, 0.3) is 0 Å². The quantitative estimate of drug-likeness (QED) is 0.292. The minimum absolute atomic E-state index is 0.111. The lowest BCUT2D eigenvalue weighted by Crippen LogP contribution is -2.40. The SMILES string of the molecule is CC(c1ccccc1)c1cc(C(C)c2ccccc2)c2c(c1)C(c1ccccc1)CC(C)(CCO)O2. The van der Waals surface area contributed by atoms with E-state index in [0.29, 0.717) is 6.42 Å². The monoisotopic (exact) mass is 476 g/mol. The lowest BCUT2D eigenvalue weighted by Gasteiger charge is -2.42. The summed E-state index contributed by atoms with van der Waals surface area (Å²) in [5, 5.41) is 9.91. The molecular weight excluding hydrogens is 440 g/mol. The second kappa shape index (κ2) is 10.3. The molecule has 36 heavy (non-hydrogen) atoms. The lowest BCUT2D eigenvalue weighted by molar-refractivity contribution is 0.0320. The van der Waals surface area contributed by atoms with E-state index in [9.17, 15) is 5.11 Å². The summed E-state index contributed by atoms with van der Waals surface area (Å²) in [6, 6.07) is 37.0. The van der Waals surface area contributed by atoms with Gasteiger partial charge in [0.1, 0.15) is 11.4 Å². The van der Waals surface area contributed by atoms with Crippen LogP contribution in [0.2, 0.25) is 0 Å². The lowest BCUT2D eigenvalue weighted by atomic mass is 9.75. The van der Waals surface area contributed by atoms with Crippen LogP contribution in [0.15, 0.2) is 103 Å². The highest BCUT2D eigenvalue weighted by molar-refractivity contribution is 5.56. The first-order chi connectivity index (χ1) is 17.5. The molecule has 4 atom stereocenters. The second-order valence-electron chi connectivity index (χ2n) is 10.5. The van der Waals surface area contributed by atoms with Crippen molar-refractivity contribution in [3.05, 3.63) is 137 Å². The minimum atomic E-state index is -0.431. The van der Waals surface area contributed by atoms with Crippen LogP contribution in [0.3, 0.4) is 0 Å². The van der Waals surface area contributed by atoms with Crippen LogP contribution in [0.25, 0.3) is 0 Å². The fourth-order valence-electron chi connectivity index (χ4n) is 5.70. The van der Waals surface area contributed by atoms with E-state index in [-0.39, 0.29) is 24.4 Å². The van der Waals surface area contributed by atoms with Crippen molar-refractivity contribution in [3.8, 4) is 5.75 Å². The molecule has 0 aromatic heterocycles. The van der Waals surface area contributed by atoms with Crippen molar-refractivity contribution in [2.24, 2.45) is 0 Å². The highest BCUT2D eigenvalue weighted by Gasteiger charge is 2.40. The number of aliphatic hydroxyl groups is 1. The van der Waals surface area contributed by atoms with Crippen LogP contribution in [0, 0.1) is 0 Å². The van der Waals surface area contributed by atoms with Gasteiger partial charge in [-0.25, -0.2) is 0 Å². The summed E-state index contributed by atoms with van der Waals surface area (Å²) >= 11 is 0. The third-order valence-electron chi connectivity index (χ3n) is 7.94. The van der Waals surface area contributed by atoms with Gasteiger partial charge in [-0.2, -0.15) is 0 Å². The van der Waals surface area contributed by atoms with Gasteiger partial charge in [-0.3, -0.25) is 0 Å². The summed E-state index contributed by atoms with van der Waals surface area (Å²) in [6.07, 6.45) is 1.45. The van der Waals surface area contributed by atoms with Crippen LogP contribution in [-0.2, 0) is 0 Å². The van der Waals surface area contributed by atoms with E-state index in [4.69, 9.17) is 4.74 Å². The maximum Gasteiger partial charge on any atom is 0.127 e. The van der Waals surface area contributed by atoms with E-state index in [2.05, 4.69) is 124 Å². The molecule has 2 heteroatoms. The number of rotatable bonds is 7. The van der Waals surface area contributed by atoms with Crippen LogP contribution in [0.1, 0.15) is 84.7 Å². The van der Waals surface area contributed by atoms with Crippen LogP contribution in [-0.4, -0.2) is 17.3 Å². The normalized spacial score (nSPS) is 20.7. The molecule has 0 radical (unpaired) electrons. The van der Waals surface area contributed by atoms with Crippen molar-refractivity contribution in [3.63, 3.8) is 0 Å². The molecule has 0 amide bonds. The largest absolute Gasteiger partial charge is 0.487 e. The molecule has 4 aromatic rings. The summed E-state index contributed by atoms with van der Waals surface area (Å²) in [6.45, 7) is 6.84. The highest BCUT2D eigenvalue weighted by Crippen LogP contribution is 2.50. The van der Waals surface area contributed by atoms with E-state index in [0.717, 1.165) is 12.2 Å². The van der Waals surface area contributed by atoms with Crippen molar-refractivity contribution in [2.75, 3.05) is 6.61 Å². The van der Waals surface area contributed by atoms with Crippen LogP contribution >= 0.6 is 0 Å². The first kappa shape index (κ1) is 24.3. The minimum Gasteiger partial charge on any atom is -0.487 e. The van der Waals surface area contributed by atoms with Crippen molar-refractivity contribution in [1.82, 2.24) is 0 Å². The van der Waals surface area contributed by atoms with Crippen LogP contribution in [0.5, 0.6) is 5.75 Å². The zero-order valence-corrected chi connectivity index (χ0v) is 21.5. The second-order valence-corrected chi connectivity index (χ2v) is 10.5. The zero-order valence-electron chi connectivity index (χ0n) is 21.5. The number of ether oxygens (including phenoxy) is 1. The van der Waals surface area contributed by atoms with Gasteiger partial charge in [-0.15, -0.1) is 0 Å². The highest BCUT2D eigenvalue weighted by atomic mass is 16.5. The van der Waals surface area contributed by atoms with Gasteiger partial charge in [-0.05, 0) is 35.6 Å². The molecule has 0 saturated heterocycles. The smallest absolute Gasteiger partial charge is 0.127 e. The predicted molar refractivity (Wildman–Crippen MR) is 148 cm³/mol. The Labute approximate surface area is 215 Å². The molecule has 184 valence electrons. The Bertz CT molecular complexity index is 1270. The summed E-state index contributed by atoms with van der Waals surface area (Å²) < 4.78 is 6.87. The first-order valence-corrected chi connectivity index (χ1v) is 13.1. The van der Waals surface area contributed by atoms with Gasteiger partial charge in [0.05, 0.1) is 0 Å². The maximum absolute atomic E-state index is 9.91. The van der Waals surface area contributed by atoms with Crippen molar-refractivity contribution >= 4 is 0 Å². The maximum atomic E-state index is 9.91. The molecule has 0 bridgehead atoms. The molecule has 5 rings (SSSR count). The molecular formula is C34H36O2. The summed E-state index contributed by atoms with van der Waals surface area (Å²) in [5.74, 6) is 1.64. The standard InChI is InChI=1S/C34H36O2/c1-24(26-13-7-4-8-14-26)29-21-30(25(2)27-15-9-5-10-16-27)33-31(22-29)32(28-17-11-6-12-18-28)23-34(3,36-33)19-20-35/h4-18,21-22,24-25,32,35H,19-20,23H2,1-3H3. The molecule has 4 aromatic carbocycles. The Morgan fingerprint density at radius 3 is 1.92 bits per heavy atom. The van der Waals surface area contributed by atoms with Crippen LogP contribution in [0.4, 0.5) is 0 Å². The summed E-state index contributed by atoms with van der Waals surface area (Å²) in [5.41, 5.74) is 7.25. The zero-order chi connectivity index (χ0) is 25.1. The molecule has 0 fully saturated rings. The summed E-state index contributed by atoms with van der Waals surface area (Å²) in [4.78, 5) is 0. The molecule has 2 nitrogen and oxygen atoms in total. The molecule has 0 aliphatic carbocycles. The van der Waals surface area contributed by atoms with Gasteiger partial charge in [0.15, 0.2) is 0 Å². The molecule has 0 saturated carbocycles. The van der Waals surface area contributed by atoms with E-state index < -0.39 is 5.60 Å². The van der Waals surface area contributed by atoms with E-state index >= 15 is 0 Å². The molecule has 0 spiro atoms. The van der Waals surface area contributed by atoms with Gasteiger partial charge in [-0.1, -0.05) is 117 Å². The van der Waals surface area contributed by atoms with E-state index in [1.807, 2.05) is 0 Å². The van der Waals surface area contributed by atoms with Gasteiger partial charge < -0.3 is 9.84 Å². The number of fused-ring (bicyclic) bond motifs is 1. The number of benzene rings is 4. The van der Waals surface area contributed by atoms with Gasteiger partial charge in [0.2, 0.25) is 0 Å². The average Bonchev–Trinajstić information content (AvgIpc) is 2.93. The number of hydrogen-bond donors (Lipinski definition) is 1. The van der Waals surface area contributed by atoms with E-state index in [1.54, 1.807) is 0 Å². The first-order valence-electron chi connectivity index (χ1n) is 13.1. The Morgan fingerprint density at radius 1 is 0.778 bits per heavy atom. The molecule has 1 heterocycles. The van der Waals surface area contributed by atoms with Crippen molar-refractivity contribution < 1.29 is 9.84 Å². The third-order valence-corrected chi connectivity index (χ3v) is 7.94. The molecule has 4 unspecified atom stereocenters. The van der Waals surface area contributed by atoms with Gasteiger partial charge in [0, 0.05) is 41.9 Å².